The van der Waals surface area contributed by atoms with Gasteiger partial charge in [0, 0.05) is 19.6 Å². The highest BCUT2D eigenvalue weighted by atomic mass is 16.5. The topological polar surface area (TPSA) is 37.4 Å². The molecule has 1 heterocycles. The second kappa shape index (κ2) is 8.88. The van der Waals surface area contributed by atoms with Gasteiger partial charge in [0.15, 0.2) is 0 Å². The molecule has 0 bridgehead atoms. The second-order valence-electron chi connectivity index (χ2n) is 5.10. The van der Waals surface area contributed by atoms with Gasteiger partial charge in [0.2, 0.25) is 0 Å². The predicted molar refractivity (Wildman–Crippen MR) is 80.4 cm³/mol. The highest BCUT2D eigenvalue weighted by Gasteiger charge is 2.03. The van der Waals surface area contributed by atoms with E-state index in [1.165, 1.54) is 0 Å². The number of hydrogen-bond acceptors (Lipinski definition) is 4. The Bertz CT molecular complexity index is 355. The molecule has 1 aromatic heterocycles. The van der Waals surface area contributed by atoms with Crippen molar-refractivity contribution in [2.24, 2.45) is 0 Å². The molecule has 19 heavy (non-hydrogen) atoms. The molecule has 0 saturated heterocycles. The number of nitrogens with zero attached hydrogens (tertiary/aromatic N) is 2. The van der Waals surface area contributed by atoms with Crippen LogP contribution in [-0.2, 0) is 11.3 Å². The minimum absolute atomic E-state index is 0.299. The van der Waals surface area contributed by atoms with E-state index in [4.69, 9.17) is 4.74 Å². The smallest absolute Gasteiger partial charge is 0.126 e. The summed E-state index contributed by atoms with van der Waals surface area (Å²) in [5.41, 5.74) is 1.09. The largest absolute Gasteiger partial charge is 0.377 e. The molecular formula is C15H27N3O. The lowest BCUT2D eigenvalue weighted by molar-refractivity contribution is 0.0625. The second-order valence-corrected chi connectivity index (χ2v) is 5.10. The third-order valence-corrected chi connectivity index (χ3v) is 2.72. The van der Waals surface area contributed by atoms with Crippen molar-refractivity contribution in [3.05, 3.63) is 23.9 Å². The van der Waals surface area contributed by atoms with Crippen molar-refractivity contribution in [3.63, 3.8) is 0 Å². The van der Waals surface area contributed by atoms with Gasteiger partial charge in [0.1, 0.15) is 5.82 Å². The molecule has 1 rings (SSSR count). The Kier molecular flexibility index (Phi) is 7.45. The Hall–Kier alpha value is -1.13. The minimum Gasteiger partial charge on any atom is -0.377 e. The van der Waals surface area contributed by atoms with Crippen LogP contribution in [0.4, 0.5) is 5.82 Å². The monoisotopic (exact) mass is 265 g/mol. The fraction of sp³-hybridized carbons (Fsp3) is 0.667. The average molecular weight is 265 g/mol. The quantitative estimate of drug-likeness (QED) is 0.745. The third-order valence-electron chi connectivity index (χ3n) is 2.72. The van der Waals surface area contributed by atoms with Gasteiger partial charge >= 0.3 is 0 Å². The molecule has 108 valence electrons. The van der Waals surface area contributed by atoms with Crippen molar-refractivity contribution >= 4 is 5.82 Å². The van der Waals surface area contributed by atoms with E-state index in [9.17, 15) is 0 Å². The lowest BCUT2D eigenvalue weighted by atomic mass is 10.3. The van der Waals surface area contributed by atoms with Crippen molar-refractivity contribution in [1.29, 1.82) is 0 Å². The minimum atomic E-state index is 0.299. The number of likely N-dealkylation sites (N-methyl/N-ethyl adjacent to an activating group) is 1. The standard InChI is InChI=1S/C15H27N3O/c1-5-9-16-15-8-6-7-14(17-15)12-18(4)10-11-19-13(2)3/h6-8,13H,5,9-12H2,1-4H3,(H,16,17). The summed E-state index contributed by atoms with van der Waals surface area (Å²) in [4.78, 5) is 6.83. The highest BCUT2D eigenvalue weighted by molar-refractivity contribution is 5.35. The van der Waals surface area contributed by atoms with Crippen LogP contribution in [-0.4, -0.2) is 42.7 Å². The summed E-state index contributed by atoms with van der Waals surface area (Å²) in [7, 11) is 2.09. The van der Waals surface area contributed by atoms with Crippen molar-refractivity contribution in [3.8, 4) is 0 Å². The van der Waals surface area contributed by atoms with Crippen LogP contribution in [0.5, 0.6) is 0 Å². The summed E-state index contributed by atoms with van der Waals surface area (Å²) < 4.78 is 5.55. The molecule has 4 heteroatoms. The summed E-state index contributed by atoms with van der Waals surface area (Å²) in [6.07, 6.45) is 1.41. The summed E-state index contributed by atoms with van der Waals surface area (Å²) in [6, 6.07) is 6.14. The molecule has 4 nitrogen and oxygen atoms in total. The van der Waals surface area contributed by atoms with Crippen molar-refractivity contribution in [2.45, 2.75) is 39.8 Å². The van der Waals surface area contributed by atoms with Crippen molar-refractivity contribution < 1.29 is 4.74 Å². The number of anilines is 1. The summed E-state index contributed by atoms with van der Waals surface area (Å²) >= 11 is 0. The molecule has 0 aliphatic rings. The van der Waals surface area contributed by atoms with Gasteiger partial charge in [-0.15, -0.1) is 0 Å². The molecular weight excluding hydrogens is 238 g/mol. The first-order chi connectivity index (χ1) is 9.11. The van der Waals surface area contributed by atoms with E-state index in [1.54, 1.807) is 0 Å². The summed E-state index contributed by atoms with van der Waals surface area (Å²) in [5.74, 6) is 0.964. The normalized spacial score (nSPS) is 11.3. The van der Waals surface area contributed by atoms with Crippen LogP contribution in [0.1, 0.15) is 32.9 Å². The number of nitrogens with one attached hydrogen (secondary N) is 1. The van der Waals surface area contributed by atoms with E-state index in [0.717, 1.165) is 44.2 Å². The molecule has 1 aromatic rings. The van der Waals surface area contributed by atoms with Crippen LogP contribution < -0.4 is 5.32 Å². The summed E-state index contributed by atoms with van der Waals surface area (Å²) in [5, 5.41) is 3.31. The molecule has 0 aliphatic heterocycles. The Morgan fingerprint density at radius 1 is 1.37 bits per heavy atom. The lowest BCUT2D eigenvalue weighted by Gasteiger charge is -2.17. The van der Waals surface area contributed by atoms with Gasteiger partial charge in [-0.05, 0) is 39.4 Å². The van der Waals surface area contributed by atoms with Crippen LogP contribution in [0.3, 0.4) is 0 Å². The fourth-order valence-electron chi connectivity index (χ4n) is 1.72. The SMILES string of the molecule is CCCNc1cccc(CN(C)CCOC(C)C)n1. The van der Waals surface area contributed by atoms with Crippen LogP contribution in [0.2, 0.25) is 0 Å². The Balaban J connectivity index is 2.38. The Morgan fingerprint density at radius 2 is 2.16 bits per heavy atom. The molecule has 0 atom stereocenters. The zero-order valence-corrected chi connectivity index (χ0v) is 12.6. The van der Waals surface area contributed by atoms with E-state index in [0.29, 0.717) is 6.10 Å². The van der Waals surface area contributed by atoms with Crippen molar-refractivity contribution in [2.75, 3.05) is 32.1 Å². The lowest BCUT2D eigenvalue weighted by Crippen LogP contribution is -2.24. The van der Waals surface area contributed by atoms with Gasteiger partial charge in [0.25, 0.3) is 0 Å². The zero-order valence-electron chi connectivity index (χ0n) is 12.6. The number of pyridine rings is 1. The molecule has 0 unspecified atom stereocenters. The van der Waals surface area contributed by atoms with Crippen molar-refractivity contribution in [1.82, 2.24) is 9.88 Å². The van der Waals surface area contributed by atoms with E-state index in [2.05, 4.69) is 55.2 Å². The van der Waals surface area contributed by atoms with Gasteiger partial charge in [0.05, 0.1) is 18.4 Å². The Morgan fingerprint density at radius 3 is 2.84 bits per heavy atom. The molecule has 0 aliphatic carbocycles. The van der Waals surface area contributed by atoms with E-state index in [1.807, 2.05) is 6.07 Å². The summed E-state index contributed by atoms with van der Waals surface area (Å²) in [6.45, 7) is 9.78. The zero-order chi connectivity index (χ0) is 14.1. The average Bonchev–Trinajstić information content (AvgIpc) is 2.36. The first-order valence-electron chi connectivity index (χ1n) is 7.11. The van der Waals surface area contributed by atoms with E-state index >= 15 is 0 Å². The number of aromatic nitrogens is 1. The van der Waals surface area contributed by atoms with E-state index < -0.39 is 0 Å². The van der Waals surface area contributed by atoms with Crippen LogP contribution in [0, 0.1) is 0 Å². The molecule has 0 radical (unpaired) electrons. The molecule has 0 spiro atoms. The number of hydrogen-bond donors (Lipinski definition) is 1. The van der Waals surface area contributed by atoms with E-state index in [-0.39, 0.29) is 0 Å². The van der Waals surface area contributed by atoms with Gasteiger partial charge in [-0.2, -0.15) is 0 Å². The Labute approximate surface area is 117 Å². The maximum absolute atomic E-state index is 5.55. The first-order valence-corrected chi connectivity index (χ1v) is 7.11. The number of rotatable bonds is 9. The molecule has 0 amide bonds. The molecule has 0 fully saturated rings. The van der Waals surface area contributed by atoms with Gasteiger partial charge in [-0.3, -0.25) is 4.90 Å². The molecule has 0 saturated carbocycles. The first kappa shape index (κ1) is 15.9. The molecule has 1 N–H and O–H groups in total. The van der Waals surface area contributed by atoms with Gasteiger partial charge < -0.3 is 10.1 Å². The van der Waals surface area contributed by atoms with Crippen LogP contribution in [0.15, 0.2) is 18.2 Å². The van der Waals surface area contributed by atoms with Crippen LogP contribution >= 0.6 is 0 Å². The predicted octanol–water partition coefficient (Wildman–Crippen LogP) is 2.76. The third kappa shape index (κ3) is 7.13. The fourth-order valence-corrected chi connectivity index (χ4v) is 1.72. The van der Waals surface area contributed by atoms with Crippen LogP contribution in [0.25, 0.3) is 0 Å². The number of ether oxygens (including phenoxy) is 1. The van der Waals surface area contributed by atoms with Gasteiger partial charge in [-0.25, -0.2) is 4.98 Å². The molecule has 0 aromatic carbocycles. The highest BCUT2D eigenvalue weighted by Crippen LogP contribution is 2.07. The maximum atomic E-state index is 5.55. The maximum Gasteiger partial charge on any atom is 0.126 e. The van der Waals surface area contributed by atoms with Gasteiger partial charge in [-0.1, -0.05) is 13.0 Å².